The summed E-state index contributed by atoms with van der Waals surface area (Å²) in [6, 6.07) is 10.2. The maximum Gasteiger partial charge on any atom is 0.271 e. The van der Waals surface area contributed by atoms with Gasteiger partial charge in [-0.25, -0.2) is 0 Å². The monoisotopic (exact) mass is 425 g/mol. The summed E-state index contributed by atoms with van der Waals surface area (Å²) in [6.45, 7) is 9.11. The van der Waals surface area contributed by atoms with Gasteiger partial charge >= 0.3 is 0 Å². The molecule has 31 heavy (non-hydrogen) atoms. The van der Waals surface area contributed by atoms with Gasteiger partial charge in [-0.1, -0.05) is 19.1 Å². The molecule has 1 unspecified atom stereocenters. The first kappa shape index (κ1) is 21.7. The number of carbonyl (C=O) groups excluding carboxylic acids is 1. The molecule has 1 aromatic heterocycles. The minimum absolute atomic E-state index is 0.0417. The van der Waals surface area contributed by atoms with Crippen LogP contribution in [0.3, 0.4) is 0 Å². The Morgan fingerprint density at radius 2 is 1.97 bits per heavy atom. The van der Waals surface area contributed by atoms with Crippen LogP contribution in [0.2, 0.25) is 0 Å². The Labute approximate surface area is 185 Å². The molecule has 1 fully saturated rings. The molecule has 0 radical (unpaired) electrons. The van der Waals surface area contributed by atoms with E-state index in [1.165, 1.54) is 11.4 Å². The number of aryl methyl sites for hydroxylation is 1. The molecule has 7 heteroatoms. The first-order valence-corrected chi connectivity index (χ1v) is 11.6. The zero-order valence-electron chi connectivity index (χ0n) is 18.8. The molecule has 0 aliphatic carbocycles. The second-order valence-electron chi connectivity index (χ2n) is 8.81. The van der Waals surface area contributed by atoms with E-state index >= 15 is 0 Å². The Balaban J connectivity index is 1.13. The summed E-state index contributed by atoms with van der Waals surface area (Å²) in [6.07, 6.45) is 4.24. The molecule has 1 N–H and O–H groups in total. The van der Waals surface area contributed by atoms with Gasteiger partial charge in [0.1, 0.15) is 11.4 Å². The normalized spacial score (nSPS) is 19.2. The lowest BCUT2D eigenvalue weighted by atomic mass is 9.98. The van der Waals surface area contributed by atoms with Crippen molar-refractivity contribution in [1.29, 1.82) is 0 Å². The number of unbranched alkanes of at least 4 members (excludes halogenated alkanes) is 1. The number of benzene rings is 1. The van der Waals surface area contributed by atoms with Crippen molar-refractivity contribution in [3.05, 3.63) is 41.7 Å². The first-order chi connectivity index (χ1) is 15.1. The minimum Gasteiger partial charge on any atom is -0.495 e. The Kier molecular flexibility index (Phi) is 7.12. The molecule has 2 aliphatic rings. The van der Waals surface area contributed by atoms with Gasteiger partial charge in [0, 0.05) is 45.0 Å². The second-order valence-corrected chi connectivity index (χ2v) is 8.81. The molecule has 1 aromatic carbocycles. The third kappa shape index (κ3) is 5.39. The van der Waals surface area contributed by atoms with Crippen molar-refractivity contribution in [3.8, 4) is 5.75 Å². The van der Waals surface area contributed by atoms with Gasteiger partial charge < -0.3 is 15.0 Å². The molecule has 2 aliphatic heterocycles. The topological polar surface area (TPSA) is 62.6 Å². The molecule has 1 atom stereocenters. The van der Waals surface area contributed by atoms with E-state index < -0.39 is 0 Å². The van der Waals surface area contributed by atoms with Crippen LogP contribution in [0.1, 0.15) is 42.4 Å². The lowest BCUT2D eigenvalue weighted by Gasteiger charge is -2.36. The molecule has 1 amide bonds. The van der Waals surface area contributed by atoms with Gasteiger partial charge in [0.25, 0.3) is 5.91 Å². The van der Waals surface area contributed by atoms with Crippen molar-refractivity contribution in [2.45, 2.75) is 39.2 Å². The second kappa shape index (κ2) is 10.2. The largest absolute Gasteiger partial charge is 0.495 e. The maximum atomic E-state index is 12.4. The van der Waals surface area contributed by atoms with Crippen LogP contribution >= 0.6 is 0 Å². The van der Waals surface area contributed by atoms with Crippen LogP contribution in [0.4, 0.5) is 5.69 Å². The van der Waals surface area contributed by atoms with E-state index in [0.717, 1.165) is 70.7 Å². The third-order valence-corrected chi connectivity index (χ3v) is 6.47. The van der Waals surface area contributed by atoms with Crippen molar-refractivity contribution in [3.63, 3.8) is 0 Å². The molecule has 4 rings (SSSR count). The van der Waals surface area contributed by atoms with Gasteiger partial charge in [-0.3, -0.25) is 14.4 Å². The number of piperazine rings is 1. The highest BCUT2D eigenvalue weighted by Crippen LogP contribution is 2.28. The summed E-state index contributed by atoms with van der Waals surface area (Å²) < 4.78 is 7.50. The fourth-order valence-corrected chi connectivity index (χ4v) is 4.58. The fraction of sp³-hybridized carbons (Fsp3) is 0.583. The number of methoxy groups -OCH3 is 1. The van der Waals surface area contributed by atoms with Crippen LogP contribution in [0.15, 0.2) is 30.3 Å². The standard InChI is InChI=1S/C24H35N5O2/c1-19-9-12-29-20(17-19)18-21(26-29)24(30)25-10-5-6-11-27-13-15-28(16-14-27)22-7-3-4-8-23(22)31-2/h3-4,7-8,18-19H,5-6,9-17H2,1-2H3,(H,25,30). The van der Waals surface area contributed by atoms with Gasteiger partial charge in [-0.05, 0) is 56.3 Å². The van der Waals surface area contributed by atoms with Crippen molar-refractivity contribution in [2.75, 3.05) is 51.3 Å². The third-order valence-electron chi connectivity index (χ3n) is 6.47. The van der Waals surface area contributed by atoms with E-state index in [0.29, 0.717) is 18.2 Å². The quantitative estimate of drug-likeness (QED) is 0.659. The van der Waals surface area contributed by atoms with Gasteiger partial charge in [-0.15, -0.1) is 0 Å². The van der Waals surface area contributed by atoms with Gasteiger partial charge in [-0.2, -0.15) is 5.10 Å². The summed E-state index contributed by atoms with van der Waals surface area (Å²) >= 11 is 0. The molecule has 1 saturated heterocycles. The van der Waals surface area contributed by atoms with E-state index in [4.69, 9.17) is 4.74 Å². The highest BCUT2D eigenvalue weighted by Gasteiger charge is 2.21. The zero-order valence-corrected chi connectivity index (χ0v) is 18.8. The maximum absolute atomic E-state index is 12.4. The number of anilines is 1. The Bertz CT molecular complexity index is 873. The van der Waals surface area contributed by atoms with Crippen LogP contribution in [0.25, 0.3) is 0 Å². The number of fused-ring (bicyclic) bond motifs is 1. The molecule has 3 heterocycles. The predicted octanol–water partition coefficient (Wildman–Crippen LogP) is 2.81. The smallest absolute Gasteiger partial charge is 0.271 e. The summed E-state index contributed by atoms with van der Waals surface area (Å²) in [4.78, 5) is 17.3. The molecule has 0 saturated carbocycles. The molecule has 0 spiro atoms. The molecule has 168 valence electrons. The number of amides is 1. The zero-order chi connectivity index (χ0) is 21.6. The Hall–Kier alpha value is -2.54. The molecular formula is C24H35N5O2. The number of aromatic nitrogens is 2. The van der Waals surface area contributed by atoms with Crippen LogP contribution in [0, 0.1) is 5.92 Å². The van der Waals surface area contributed by atoms with E-state index in [-0.39, 0.29) is 5.91 Å². The summed E-state index contributed by atoms with van der Waals surface area (Å²) in [5.41, 5.74) is 2.94. The molecule has 7 nitrogen and oxygen atoms in total. The highest BCUT2D eigenvalue weighted by atomic mass is 16.5. The van der Waals surface area contributed by atoms with Crippen LogP contribution in [-0.2, 0) is 13.0 Å². The Morgan fingerprint density at radius 3 is 2.77 bits per heavy atom. The first-order valence-electron chi connectivity index (χ1n) is 11.6. The van der Waals surface area contributed by atoms with E-state index in [9.17, 15) is 4.79 Å². The SMILES string of the molecule is COc1ccccc1N1CCN(CCCCNC(=O)c2cc3n(n2)CCC(C)C3)CC1. The number of carbonyl (C=O) groups is 1. The van der Waals surface area contributed by atoms with Crippen molar-refractivity contribution in [1.82, 2.24) is 20.0 Å². The number of hydrogen-bond acceptors (Lipinski definition) is 5. The van der Waals surface area contributed by atoms with Gasteiger partial charge in [0.05, 0.1) is 12.8 Å². The number of rotatable bonds is 8. The highest BCUT2D eigenvalue weighted by molar-refractivity contribution is 5.92. The van der Waals surface area contributed by atoms with Crippen LogP contribution < -0.4 is 15.0 Å². The van der Waals surface area contributed by atoms with Crippen LogP contribution in [-0.4, -0.2) is 67.0 Å². The minimum atomic E-state index is -0.0417. The lowest BCUT2D eigenvalue weighted by Crippen LogP contribution is -2.46. The van der Waals surface area contributed by atoms with Gasteiger partial charge in [0.2, 0.25) is 0 Å². The molecule has 2 aromatic rings. The average molecular weight is 426 g/mol. The Morgan fingerprint density at radius 1 is 1.16 bits per heavy atom. The summed E-state index contributed by atoms with van der Waals surface area (Å²) in [5.74, 6) is 1.58. The van der Waals surface area contributed by atoms with Crippen molar-refractivity contribution >= 4 is 11.6 Å². The van der Waals surface area contributed by atoms with Crippen molar-refractivity contribution in [2.24, 2.45) is 5.92 Å². The number of para-hydroxylation sites is 2. The number of ether oxygens (including phenoxy) is 1. The van der Waals surface area contributed by atoms with E-state index in [1.807, 2.05) is 22.9 Å². The predicted molar refractivity (Wildman–Crippen MR) is 123 cm³/mol. The molecular weight excluding hydrogens is 390 g/mol. The van der Waals surface area contributed by atoms with Crippen LogP contribution in [0.5, 0.6) is 5.75 Å². The number of nitrogens with one attached hydrogen (secondary N) is 1. The number of hydrogen-bond donors (Lipinski definition) is 1. The lowest BCUT2D eigenvalue weighted by molar-refractivity contribution is 0.0946. The fourth-order valence-electron chi connectivity index (χ4n) is 4.58. The van der Waals surface area contributed by atoms with E-state index in [1.54, 1.807) is 7.11 Å². The van der Waals surface area contributed by atoms with E-state index in [2.05, 4.69) is 39.3 Å². The molecule has 0 bridgehead atoms. The van der Waals surface area contributed by atoms with Crippen molar-refractivity contribution < 1.29 is 9.53 Å². The number of nitrogens with zero attached hydrogens (tertiary/aromatic N) is 4. The summed E-state index contributed by atoms with van der Waals surface area (Å²) in [7, 11) is 1.73. The summed E-state index contributed by atoms with van der Waals surface area (Å²) in [5, 5.41) is 7.53. The average Bonchev–Trinajstić information content (AvgIpc) is 3.22. The van der Waals surface area contributed by atoms with Gasteiger partial charge in [0.15, 0.2) is 0 Å².